The normalized spacial score (nSPS) is 15.0. The minimum absolute atomic E-state index is 0.617. The van der Waals surface area contributed by atoms with E-state index in [2.05, 4.69) is 16.5 Å². The first kappa shape index (κ1) is 12.9. The van der Waals surface area contributed by atoms with Gasteiger partial charge in [-0.15, -0.1) is 0 Å². The zero-order valence-corrected chi connectivity index (χ0v) is 12.6. The Morgan fingerprint density at radius 3 is 2.95 bits per heavy atom. The number of nitrogens with zero attached hydrogens (tertiary/aromatic N) is 4. The van der Waals surface area contributed by atoms with Crippen LogP contribution in [0.5, 0.6) is 0 Å². The number of aromatic nitrogens is 4. The number of halogens is 1. The van der Waals surface area contributed by atoms with E-state index in [1.54, 1.807) is 6.20 Å². The molecule has 4 nitrogen and oxygen atoms in total. The van der Waals surface area contributed by atoms with Gasteiger partial charge < -0.3 is 0 Å². The molecule has 107 valence electrons. The van der Waals surface area contributed by atoms with Gasteiger partial charge in [0.15, 0.2) is 0 Å². The summed E-state index contributed by atoms with van der Waals surface area (Å²) in [5.74, 6) is 1.68. The highest BCUT2D eigenvalue weighted by Crippen LogP contribution is 2.42. The van der Waals surface area contributed by atoms with Crippen molar-refractivity contribution < 1.29 is 0 Å². The van der Waals surface area contributed by atoms with Crippen molar-refractivity contribution in [3.63, 3.8) is 0 Å². The van der Waals surface area contributed by atoms with Gasteiger partial charge in [-0.1, -0.05) is 11.6 Å². The Bertz CT molecular complexity index is 826. The number of fused-ring (bicyclic) bond motifs is 1. The van der Waals surface area contributed by atoms with Crippen molar-refractivity contribution in [2.75, 3.05) is 0 Å². The van der Waals surface area contributed by atoms with Crippen LogP contribution in [0.15, 0.2) is 24.5 Å². The Hall–Kier alpha value is -1.81. The number of hydrogen-bond acceptors (Lipinski definition) is 2. The van der Waals surface area contributed by atoms with E-state index in [4.69, 9.17) is 16.7 Å². The minimum atomic E-state index is 0.617. The van der Waals surface area contributed by atoms with Crippen LogP contribution in [-0.4, -0.2) is 19.3 Å². The second-order valence-electron chi connectivity index (χ2n) is 5.59. The maximum Gasteiger partial charge on any atom is 0.145 e. The predicted molar refractivity (Wildman–Crippen MR) is 83.9 cm³/mol. The first-order valence-corrected chi connectivity index (χ1v) is 7.55. The first-order valence-electron chi connectivity index (χ1n) is 7.17. The number of aryl methyl sites for hydroxylation is 1. The second-order valence-corrected chi connectivity index (χ2v) is 6.02. The van der Waals surface area contributed by atoms with Crippen molar-refractivity contribution in [2.45, 2.75) is 25.2 Å². The van der Waals surface area contributed by atoms with E-state index in [1.165, 1.54) is 24.1 Å². The lowest BCUT2D eigenvalue weighted by atomic mass is 10.1. The molecule has 3 aromatic rings. The first-order chi connectivity index (χ1) is 10.2. The molecule has 1 aliphatic rings. The molecule has 4 rings (SSSR count). The molecule has 1 radical (unpaired) electrons. The minimum Gasteiger partial charge on any atom is -0.285 e. The largest absolute Gasteiger partial charge is 0.285 e. The van der Waals surface area contributed by atoms with Gasteiger partial charge in [-0.05, 0) is 38.3 Å². The van der Waals surface area contributed by atoms with Crippen molar-refractivity contribution in [3.05, 3.63) is 47.7 Å². The van der Waals surface area contributed by atoms with Crippen LogP contribution in [0.4, 0.5) is 0 Å². The van der Waals surface area contributed by atoms with Gasteiger partial charge in [0, 0.05) is 36.3 Å². The molecular formula is C16H16ClN4. The third-order valence-electron chi connectivity index (χ3n) is 4.08. The van der Waals surface area contributed by atoms with E-state index in [0.717, 1.165) is 23.3 Å². The molecule has 21 heavy (non-hydrogen) atoms. The zero-order valence-electron chi connectivity index (χ0n) is 11.9. The fraction of sp³-hybridized carbons (Fsp3) is 0.312. The van der Waals surface area contributed by atoms with Gasteiger partial charge in [0.1, 0.15) is 11.5 Å². The summed E-state index contributed by atoms with van der Waals surface area (Å²) >= 11 is 6.02. The van der Waals surface area contributed by atoms with Crippen LogP contribution in [-0.2, 0) is 13.5 Å². The Morgan fingerprint density at radius 1 is 1.43 bits per heavy atom. The van der Waals surface area contributed by atoms with Crippen LogP contribution in [0.2, 0.25) is 5.02 Å². The fourth-order valence-electron chi connectivity index (χ4n) is 2.97. The topological polar surface area (TPSA) is 35.6 Å². The van der Waals surface area contributed by atoms with Gasteiger partial charge >= 0.3 is 0 Å². The van der Waals surface area contributed by atoms with Gasteiger partial charge in [0.25, 0.3) is 0 Å². The molecule has 1 fully saturated rings. The molecular weight excluding hydrogens is 284 g/mol. The molecule has 1 aliphatic carbocycles. The van der Waals surface area contributed by atoms with Crippen molar-refractivity contribution in [2.24, 2.45) is 7.05 Å². The van der Waals surface area contributed by atoms with Gasteiger partial charge in [-0.2, -0.15) is 5.10 Å². The average Bonchev–Trinajstić information content (AvgIpc) is 3.15. The molecule has 0 spiro atoms. The smallest absolute Gasteiger partial charge is 0.145 e. The highest BCUT2D eigenvalue weighted by Gasteiger charge is 2.31. The Balaban J connectivity index is 1.96. The summed E-state index contributed by atoms with van der Waals surface area (Å²) in [6.07, 6.45) is 6.93. The molecule has 3 heterocycles. The molecule has 5 heteroatoms. The van der Waals surface area contributed by atoms with Gasteiger partial charge in [0.05, 0.1) is 10.7 Å². The van der Waals surface area contributed by atoms with E-state index in [0.29, 0.717) is 10.9 Å². The lowest BCUT2D eigenvalue weighted by Gasteiger charge is -2.08. The summed E-state index contributed by atoms with van der Waals surface area (Å²) in [4.78, 5) is 4.47. The van der Waals surface area contributed by atoms with E-state index in [1.807, 2.05) is 30.1 Å². The van der Waals surface area contributed by atoms with Crippen molar-refractivity contribution in [3.8, 4) is 5.82 Å². The molecule has 0 saturated heterocycles. The molecule has 0 atom stereocenters. The third-order valence-corrected chi connectivity index (χ3v) is 4.29. The van der Waals surface area contributed by atoms with Crippen LogP contribution < -0.4 is 0 Å². The third kappa shape index (κ3) is 1.97. The summed E-state index contributed by atoms with van der Waals surface area (Å²) < 4.78 is 4.04. The van der Waals surface area contributed by atoms with E-state index >= 15 is 0 Å². The predicted octanol–water partition coefficient (Wildman–Crippen LogP) is 3.67. The lowest BCUT2D eigenvalue weighted by Crippen LogP contribution is -2.04. The van der Waals surface area contributed by atoms with E-state index in [9.17, 15) is 0 Å². The van der Waals surface area contributed by atoms with E-state index < -0.39 is 0 Å². The van der Waals surface area contributed by atoms with Crippen molar-refractivity contribution in [1.29, 1.82) is 0 Å². The number of rotatable bonds is 3. The maximum atomic E-state index is 6.02. The second kappa shape index (κ2) is 4.60. The molecule has 1 saturated carbocycles. The maximum absolute atomic E-state index is 6.02. The zero-order chi connectivity index (χ0) is 14.6. The van der Waals surface area contributed by atoms with Crippen LogP contribution in [0.3, 0.4) is 0 Å². The summed E-state index contributed by atoms with van der Waals surface area (Å²) in [7, 11) is 1.99. The van der Waals surface area contributed by atoms with E-state index in [-0.39, 0.29) is 0 Å². The van der Waals surface area contributed by atoms with Crippen LogP contribution in [0.25, 0.3) is 16.9 Å². The van der Waals surface area contributed by atoms with Crippen molar-refractivity contribution >= 4 is 22.6 Å². The Morgan fingerprint density at radius 2 is 2.24 bits per heavy atom. The summed E-state index contributed by atoms with van der Waals surface area (Å²) in [6, 6.07) is 3.97. The van der Waals surface area contributed by atoms with Gasteiger partial charge in [-0.3, -0.25) is 9.25 Å². The molecule has 0 unspecified atom stereocenters. The van der Waals surface area contributed by atoms with Crippen molar-refractivity contribution in [1.82, 2.24) is 19.3 Å². The fourth-order valence-corrected chi connectivity index (χ4v) is 3.14. The molecule has 3 aromatic heterocycles. The van der Waals surface area contributed by atoms with Crippen LogP contribution in [0, 0.1) is 6.92 Å². The monoisotopic (exact) mass is 299 g/mol. The summed E-state index contributed by atoms with van der Waals surface area (Å²) in [5, 5.41) is 6.41. The Kier molecular flexibility index (Phi) is 2.82. The molecule has 0 N–H and O–H groups in total. The highest BCUT2D eigenvalue weighted by atomic mass is 35.5. The highest BCUT2D eigenvalue weighted by molar-refractivity contribution is 6.31. The molecule has 0 aromatic carbocycles. The lowest BCUT2D eigenvalue weighted by molar-refractivity contribution is 0.718. The molecule has 0 bridgehead atoms. The van der Waals surface area contributed by atoms with Crippen LogP contribution >= 0.6 is 11.6 Å². The number of hydrogen-bond donors (Lipinski definition) is 0. The average molecular weight is 300 g/mol. The molecule has 0 amide bonds. The quantitative estimate of drug-likeness (QED) is 0.740. The SMILES string of the molecule is [CH2]Cc1c(C2CC2)nn(C)c1-n1ccc2cc(Cl)cnc21. The Labute approximate surface area is 128 Å². The van der Waals surface area contributed by atoms with Gasteiger partial charge in [-0.25, -0.2) is 4.98 Å². The molecule has 0 aliphatic heterocycles. The van der Waals surface area contributed by atoms with Gasteiger partial charge in [0.2, 0.25) is 0 Å². The number of pyridine rings is 1. The standard InChI is InChI=1S/C16H16ClN4/c1-3-13-14(10-4-5-10)19-20(2)16(13)21-7-6-11-8-12(17)9-18-15(11)21/h6-10H,1,3-5H2,2H3. The summed E-state index contributed by atoms with van der Waals surface area (Å²) in [5.41, 5.74) is 3.34. The van der Waals surface area contributed by atoms with Crippen LogP contribution in [0.1, 0.15) is 30.0 Å². The summed E-state index contributed by atoms with van der Waals surface area (Å²) in [6.45, 7) is 4.10.